The van der Waals surface area contributed by atoms with Crippen molar-refractivity contribution in [1.29, 1.82) is 0 Å². The summed E-state index contributed by atoms with van der Waals surface area (Å²) in [4.78, 5) is 18.0. The van der Waals surface area contributed by atoms with E-state index >= 15 is 0 Å². The minimum absolute atomic E-state index is 0.688. The van der Waals surface area contributed by atoms with E-state index in [-0.39, 0.29) is 0 Å². The van der Waals surface area contributed by atoms with Crippen LogP contribution in [0, 0.1) is 20.8 Å². The molecular formula is C14H17N5S2. The summed E-state index contributed by atoms with van der Waals surface area (Å²) in [6.45, 7) is 9.53. The summed E-state index contributed by atoms with van der Waals surface area (Å²) in [5, 5.41) is 6.22. The molecule has 0 saturated carbocycles. The normalized spacial score (nSPS) is 11.5. The van der Waals surface area contributed by atoms with Gasteiger partial charge in [-0.2, -0.15) is 0 Å². The van der Waals surface area contributed by atoms with Gasteiger partial charge in [0, 0.05) is 0 Å². The van der Waals surface area contributed by atoms with Crippen molar-refractivity contribution in [3.63, 3.8) is 0 Å². The van der Waals surface area contributed by atoms with Crippen molar-refractivity contribution in [2.75, 3.05) is 11.2 Å². The van der Waals surface area contributed by atoms with Crippen molar-refractivity contribution in [3.05, 3.63) is 39.1 Å². The zero-order chi connectivity index (χ0) is 15.2. The molecule has 0 saturated heterocycles. The second kappa shape index (κ2) is 7.33. The molecule has 2 aromatic rings. The van der Waals surface area contributed by atoms with E-state index in [1.54, 1.807) is 35.5 Å². The molecule has 0 aliphatic carbocycles. The third kappa shape index (κ3) is 4.37. The maximum atomic E-state index is 4.41. The van der Waals surface area contributed by atoms with Crippen molar-refractivity contribution in [2.45, 2.75) is 20.8 Å². The summed E-state index contributed by atoms with van der Waals surface area (Å²) in [5.41, 5.74) is 2.76. The van der Waals surface area contributed by atoms with E-state index in [4.69, 9.17) is 0 Å². The van der Waals surface area contributed by atoms with Gasteiger partial charge in [-0.15, -0.1) is 23.1 Å². The van der Waals surface area contributed by atoms with E-state index in [1.165, 1.54) is 0 Å². The molecule has 0 fully saturated rings. The van der Waals surface area contributed by atoms with Crippen molar-refractivity contribution in [3.8, 4) is 0 Å². The highest BCUT2D eigenvalue weighted by atomic mass is 32.2. The predicted octanol–water partition coefficient (Wildman–Crippen LogP) is 3.66. The van der Waals surface area contributed by atoms with Crippen LogP contribution in [0.5, 0.6) is 0 Å². The lowest BCUT2D eigenvalue weighted by Crippen LogP contribution is -1.99. The van der Waals surface area contributed by atoms with E-state index in [1.807, 2.05) is 26.2 Å². The molecule has 0 unspecified atom stereocenters. The fourth-order valence-electron chi connectivity index (χ4n) is 1.65. The van der Waals surface area contributed by atoms with Gasteiger partial charge in [-0.1, -0.05) is 0 Å². The molecule has 0 atom stereocenters. The standard InChI is InChI=1S/C14H17N5S2/c1-9-5-17-13(6-16-9)18-8-20-7-12(15-4)14-10(2)19-11(3)21-14/h5-7H,4,8H2,1-3H3,(H,17,18)/b12-7-. The van der Waals surface area contributed by atoms with Gasteiger partial charge in [0.2, 0.25) is 0 Å². The molecule has 0 aliphatic rings. The molecule has 0 bridgehead atoms. The van der Waals surface area contributed by atoms with Crippen molar-refractivity contribution in [1.82, 2.24) is 15.0 Å². The molecular weight excluding hydrogens is 302 g/mol. The maximum Gasteiger partial charge on any atom is 0.145 e. The lowest BCUT2D eigenvalue weighted by atomic mass is 10.3. The van der Waals surface area contributed by atoms with Crippen molar-refractivity contribution in [2.24, 2.45) is 4.99 Å². The number of thioether (sulfide) groups is 1. The first-order valence-electron chi connectivity index (χ1n) is 6.35. The van der Waals surface area contributed by atoms with Gasteiger partial charge in [-0.05, 0) is 32.9 Å². The van der Waals surface area contributed by atoms with Gasteiger partial charge in [0.25, 0.3) is 0 Å². The highest BCUT2D eigenvalue weighted by Gasteiger charge is 2.08. The number of rotatable bonds is 6. The Kier molecular flexibility index (Phi) is 5.46. The molecule has 21 heavy (non-hydrogen) atoms. The molecule has 0 radical (unpaired) electrons. The summed E-state index contributed by atoms with van der Waals surface area (Å²) in [7, 11) is 0. The number of nitrogens with one attached hydrogen (secondary N) is 1. The third-order valence-corrected chi connectivity index (χ3v) is 4.42. The third-order valence-electron chi connectivity index (χ3n) is 2.62. The van der Waals surface area contributed by atoms with Crippen LogP contribution in [0.4, 0.5) is 5.82 Å². The molecule has 0 aromatic carbocycles. The number of nitrogens with zero attached hydrogens (tertiary/aromatic N) is 4. The van der Waals surface area contributed by atoms with Gasteiger partial charge in [-0.3, -0.25) is 9.98 Å². The minimum atomic E-state index is 0.688. The fourth-order valence-corrected chi connectivity index (χ4v) is 3.29. The zero-order valence-corrected chi connectivity index (χ0v) is 13.9. The van der Waals surface area contributed by atoms with E-state index in [0.717, 1.165) is 32.8 Å². The van der Waals surface area contributed by atoms with Crippen LogP contribution in [0.2, 0.25) is 0 Å². The van der Waals surface area contributed by atoms with Crippen LogP contribution in [-0.4, -0.2) is 27.5 Å². The first-order valence-corrected chi connectivity index (χ1v) is 8.22. The molecule has 110 valence electrons. The lowest BCUT2D eigenvalue weighted by molar-refractivity contribution is 1.11. The average molecular weight is 319 g/mol. The van der Waals surface area contributed by atoms with Gasteiger partial charge in [0.1, 0.15) is 5.82 Å². The van der Waals surface area contributed by atoms with Gasteiger partial charge in [-0.25, -0.2) is 9.97 Å². The maximum absolute atomic E-state index is 4.41. The van der Waals surface area contributed by atoms with Crippen molar-refractivity contribution >= 4 is 41.3 Å². The number of thiazole rings is 1. The Morgan fingerprint density at radius 2 is 2.19 bits per heavy atom. The van der Waals surface area contributed by atoms with Crippen LogP contribution in [0.15, 0.2) is 22.8 Å². The molecule has 0 aliphatic heterocycles. The zero-order valence-electron chi connectivity index (χ0n) is 12.3. The molecule has 0 amide bonds. The van der Waals surface area contributed by atoms with Gasteiger partial charge in [0.05, 0.1) is 45.2 Å². The minimum Gasteiger partial charge on any atom is -0.359 e. The Bertz CT molecular complexity index is 646. The van der Waals surface area contributed by atoms with Crippen LogP contribution in [-0.2, 0) is 0 Å². The highest BCUT2D eigenvalue weighted by Crippen LogP contribution is 2.28. The first kappa shape index (κ1) is 15.7. The summed E-state index contributed by atoms with van der Waals surface area (Å²) in [6.07, 6.45) is 3.46. The topological polar surface area (TPSA) is 63.1 Å². The molecule has 2 heterocycles. The van der Waals surface area contributed by atoms with E-state index in [2.05, 4.69) is 32.0 Å². The smallest absolute Gasteiger partial charge is 0.145 e. The fraction of sp³-hybridized carbons (Fsp3) is 0.286. The average Bonchev–Trinajstić information content (AvgIpc) is 2.80. The van der Waals surface area contributed by atoms with Gasteiger partial charge >= 0.3 is 0 Å². The van der Waals surface area contributed by atoms with Gasteiger partial charge < -0.3 is 5.32 Å². The number of hydrogen-bond donors (Lipinski definition) is 1. The summed E-state index contributed by atoms with van der Waals surface area (Å²) in [6, 6.07) is 0. The predicted molar refractivity (Wildman–Crippen MR) is 92.0 cm³/mol. The second-order valence-corrected chi connectivity index (χ2v) is 6.40. The highest BCUT2D eigenvalue weighted by molar-refractivity contribution is 8.02. The summed E-state index contributed by atoms with van der Waals surface area (Å²) < 4.78 is 0. The van der Waals surface area contributed by atoms with Crippen LogP contribution in [0.3, 0.4) is 0 Å². The monoisotopic (exact) mass is 319 g/mol. The van der Waals surface area contributed by atoms with Crippen LogP contribution < -0.4 is 5.32 Å². The molecule has 7 heteroatoms. The number of aliphatic imine (C=N–C) groups is 1. The Balaban J connectivity index is 1.94. The number of hydrogen-bond acceptors (Lipinski definition) is 7. The van der Waals surface area contributed by atoms with Crippen molar-refractivity contribution < 1.29 is 0 Å². The Hall–Kier alpha value is -1.73. The van der Waals surface area contributed by atoms with E-state index < -0.39 is 0 Å². The number of aryl methyl sites for hydroxylation is 3. The summed E-state index contributed by atoms with van der Waals surface area (Å²) >= 11 is 3.24. The number of aromatic nitrogens is 3. The van der Waals surface area contributed by atoms with E-state index in [9.17, 15) is 0 Å². The molecule has 2 aromatic heterocycles. The SMILES string of the molecule is C=N/C(=C\SCNc1cnc(C)cn1)c1sc(C)nc1C. The molecule has 2 rings (SSSR count). The molecule has 5 nitrogen and oxygen atoms in total. The quantitative estimate of drug-likeness (QED) is 0.500. The Labute approximate surface area is 132 Å². The first-order chi connectivity index (χ1) is 10.1. The Morgan fingerprint density at radius 1 is 1.38 bits per heavy atom. The molecule has 1 N–H and O–H groups in total. The molecule has 0 spiro atoms. The van der Waals surface area contributed by atoms with Crippen LogP contribution in [0.1, 0.15) is 21.3 Å². The Morgan fingerprint density at radius 3 is 2.76 bits per heavy atom. The van der Waals surface area contributed by atoms with Gasteiger partial charge in [0.15, 0.2) is 0 Å². The van der Waals surface area contributed by atoms with Crippen LogP contribution in [0.25, 0.3) is 5.70 Å². The second-order valence-electron chi connectivity index (χ2n) is 4.34. The summed E-state index contributed by atoms with van der Waals surface area (Å²) in [5.74, 6) is 1.45. The van der Waals surface area contributed by atoms with Crippen LogP contribution >= 0.6 is 23.1 Å². The number of anilines is 1. The van der Waals surface area contributed by atoms with E-state index in [0.29, 0.717) is 5.88 Å². The lowest BCUT2D eigenvalue weighted by Gasteiger charge is -2.03. The largest absolute Gasteiger partial charge is 0.359 e.